The number of ether oxygens (including phenoxy) is 4. The van der Waals surface area contributed by atoms with Crippen molar-refractivity contribution in [3.63, 3.8) is 0 Å². The molecule has 0 atom stereocenters. The van der Waals surface area contributed by atoms with Crippen molar-refractivity contribution < 1.29 is 18.9 Å². The molecule has 3 aromatic carbocycles. The van der Waals surface area contributed by atoms with E-state index in [9.17, 15) is 0 Å². The third kappa shape index (κ3) is 4.22. The highest BCUT2D eigenvalue weighted by Gasteiger charge is 2.20. The lowest BCUT2D eigenvalue weighted by atomic mass is 10.2. The van der Waals surface area contributed by atoms with Gasteiger partial charge in [-0.3, -0.25) is 4.57 Å². The van der Waals surface area contributed by atoms with Crippen molar-refractivity contribution in [3.8, 4) is 40.1 Å². The SMILES string of the molecule is COc1ccc(Nc2ncnc3c2nc(-c2ccc(OC)cc2)n3-c2ccc(OC)c(OC)c2)cc1. The van der Waals surface area contributed by atoms with Gasteiger partial charge in [-0.1, -0.05) is 0 Å². The Morgan fingerprint density at radius 3 is 2.00 bits per heavy atom. The molecule has 0 saturated heterocycles. The summed E-state index contributed by atoms with van der Waals surface area (Å²) < 4.78 is 23.6. The van der Waals surface area contributed by atoms with Gasteiger partial charge >= 0.3 is 0 Å². The van der Waals surface area contributed by atoms with Crippen molar-refractivity contribution in [2.75, 3.05) is 33.8 Å². The third-order valence-electron chi connectivity index (χ3n) is 5.77. The number of imidazole rings is 1. The van der Waals surface area contributed by atoms with Gasteiger partial charge in [0.25, 0.3) is 0 Å². The molecule has 0 radical (unpaired) electrons. The maximum atomic E-state index is 5.55. The van der Waals surface area contributed by atoms with E-state index in [2.05, 4.69) is 15.3 Å². The number of rotatable bonds is 8. The number of fused-ring (bicyclic) bond motifs is 1. The first kappa shape index (κ1) is 23.0. The van der Waals surface area contributed by atoms with Gasteiger partial charge in [-0.25, -0.2) is 15.0 Å². The highest BCUT2D eigenvalue weighted by Crippen LogP contribution is 2.35. The van der Waals surface area contributed by atoms with Crippen LogP contribution < -0.4 is 24.3 Å². The largest absolute Gasteiger partial charge is 0.497 e. The van der Waals surface area contributed by atoms with Crippen LogP contribution >= 0.6 is 0 Å². The van der Waals surface area contributed by atoms with Gasteiger partial charge < -0.3 is 24.3 Å². The molecule has 0 aliphatic rings. The van der Waals surface area contributed by atoms with Crippen molar-refractivity contribution in [1.82, 2.24) is 19.5 Å². The van der Waals surface area contributed by atoms with Gasteiger partial charge in [0.2, 0.25) is 0 Å². The number of methoxy groups -OCH3 is 4. The van der Waals surface area contributed by atoms with Crippen LogP contribution in [0.3, 0.4) is 0 Å². The molecule has 9 nitrogen and oxygen atoms in total. The van der Waals surface area contributed by atoms with Crippen LogP contribution in [0.25, 0.3) is 28.2 Å². The summed E-state index contributed by atoms with van der Waals surface area (Å²) >= 11 is 0. The van der Waals surface area contributed by atoms with Crippen LogP contribution in [0.1, 0.15) is 0 Å². The van der Waals surface area contributed by atoms with Crippen LogP contribution in [0.2, 0.25) is 0 Å². The van der Waals surface area contributed by atoms with Gasteiger partial charge in [-0.2, -0.15) is 0 Å². The summed E-state index contributed by atoms with van der Waals surface area (Å²) in [7, 11) is 6.49. The first-order valence-corrected chi connectivity index (χ1v) is 11.2. The zero-order valence-electron chi connectivity index (χ0n) is 20.4. The van der Waals surface area contributed by atoms with Crippen LogP contribution in [-0.4, -0.2) is 48.0 Å². The summed E-state index contributed by atoms with van der Waals surface area (Å²) in [6, 6.07) is 21.0. The van der Waals surface area contributed by atoms with Crippen LogP contribution in [0, 0.1) is 0 Å². The number of hydrogen-bond donors (Lipinski definition) is 1. The van der Waals surface area contributed by atoms with Crippen molar-refractivity contribution in [1.29, 1.82) is 0 Å². The molecule has 36 heavy (non-hydrogen) atoms. The Morgan fingerprint density at radius 2 is 1.36 bits per heavy atom. The predicted octanol–water partition coefficient (Wildman–Crippen LogP) is 5.26. The van der Waals surface area contributed by atoms with E-state index >= 15 is 0 Å². The highest BCUT2D eigenvalue weighted by atomic mass is 16.5. The van der Waals surface area contributed by atoms with Gasteiger partial charge in [-0.05, 0) is 60.7 Å². The van der Waals surface area contributed by atoms with Crippen molar-refractivity contribution in [2.45, 2.75) is 0 Å². The molecule has 9 heteroatoms. The number of nitrogens with zero attached hydrogens (tertiary/aromatic N) is 4. The Morgan fingerprint density at radius 1 is 0.694 bits per heavy atom. The van der Waals surface area contributed by atoms with E-state index in [4.69, 9.17) is 23.9 Å². The molecular formula is C27H25N5O4. The van der Waals surface area contributed by atoms with E-state index in [1.54, 1.807) is 28.4 Å². The first-order valence-electron chi connectivity index (χ1n) is 11.2. The second-order valence-electron chi connectivity index (χ2n) is 7.79. The monoisotopic (exact) mass is 483 g/mol. The van der Waals surface area contributed by atoms with Crippen LogP contribution in [0.5, 0.6) is 23.0 Å². The molecular weight excluding hydrogens is 458 g/mol. The molecule has 0 fully saturated rings. The molecule has 5 aromatic rings. The Hall–Kier alpha value is -4.79. The second-order valence-corrected chi connectivity index (χ2v) is 7.79. The van der Waals surface area contributed by atoms with Crippen LogP contribution in [-0.2, 0) is 0 Å². The average Bonchev–Trinajstić information content (AvgIpc) is 3.33. The Balaban J connectivity index is 1.69. The molecule has 2 heterocycles. The number of anilines is 2. The minimum absolute atomic E-state index is 0.583. The molecule has 0 bridgehead atoms. The van der Waals surface area contributed by atoms with Gasteiger partial charge in [-0.15, -0.1) is 0 Å². The predicted molar refractivity (Wildman–Crippen MR) is 138 cm³/mol. The Labute approximate surface area is 208 Å². The molecule has 0 amide bonds. The first-order chi connectivity index (χ1) is 17.6. The van der Waals surface area contributed by atoms with E-state index in [0.29, 0.717) is 34.3 Å². The smallest absolute Gasteiger partial charge is 0.170 e. The Bertz CT molecular complexity index is 1500. The summed E-state index contributed by atoms with van der Waals surface area (Å²) in [6.45, 7) is 0. The highest BCUT2D eigenvalue weighted by molar-refractivity contribution is 5.90. The molecule has 2 aromatic heterocycles. The summed E-state index contributed by atoms with van der Waals surface area (Å²) in [4.78, 5) is 14.1. The third-order valence-corrected chi connectivity index (χ3v) is 5.77. The fourth-order valence-corrected chi connectivity index (χ4v) is 3.94. The number of nitrogens with one attached hydrogen (secondary N) is 1. The minimum Gasteiger partial charge on any atom is -0.497 e. The van der Waals surface area contributed by atoms with E-state index in [-0.39, 0.29) is 0 Å². The fourth-order valence-electron chi connectivity index (χ4n) is 3.94. The van der Waals surface area contributed by atoms with Gasteiger partial charge in [0.15, 0.2) is 28.5 Å². The van der Waals surface area contributed by atoms with Gasteiger partial charge in [0, 0.05) is 17.3 Å². The van der Waals surface area contributed by atoms with Gasteiger partial charge in [0.05, 0.1) is 34.1 Å². The molecule has 0 spiro atoms. The summed E-state index contributed by atoms with van der Waals surface area (Å²) in [6.07, 6.45) is 1.52. The zero-order valence-corrected chi connectivity index (χ0v) is 20.4. The number of benzene rings is 3. The molecule has 0 unspecified atom stereocenters. The second kappa shape index (κ2) is 9.83. The van der Waals surface area contributed by atoms with Crippen molar-refractivity contribution in [2.24, 2.45) is 0 Å². The van der Waals surface area contributed by atoms with E-state index < -0.39 is 0 Å². The van der Waals surface area contributed by atoms with E-state index in [1.807, 2.05) is 71.3 Å². The van der Waals surface area contributed by atoms with Crippen molar-refractivity contribution >= 4 is 22.7 Å². The van der Waals surface area contributed by atoms with Crippen LogP contribution in [0.15, 0.2) is 73.1 Å². The number of hydrogen-bond acceptors (Lipinski definition) is 8. The summed E-state index contributed by atoms with van der Waals surface area (Å²) in [5, 5.41) is 3.35. The average molecular weight is 484 g/mol. The number of aromatic nitrogens is 4. The topological polar surface area (TPSA) is 92.6 Å². The van der Waals surface area contributed by atoms with Crippen LogP contribution in [0.4, 0.5) is 11.5 Å². The normalized spacial score (nSPS) is 10.8. The molecule has 0 aliphatic heterocycles. The van der Waals surface area contributed by atoms with Crippen molar-refractivity contribution in [3.05, 3.63) is 73.1 Å². The molecule has 5 rings (SSSR count). The molecule has 1 N–H and O–H groups in total. The summed E-state index contributed by atoms with van der Waals surface area (Å²) in [5.41, 5.74) is 3.81. The summed E-state index contributed by atoms with van der Waals surface area (Å²) in [5.74, 6) is 4.04. The Kier molecular flexibility index (Phi) is 6.27. The maximum absolute atomic E-state index is 5.55. The standard InChI is InChI=1S/C27H25N5O4/c1-33-20-10-5-17(6-11-20)26-31-24-25(30-18-7-12-21(34-2)13-8-18)28-16-29-27(24)32(26)19-9-14-22(35-3)23(15-19)36-4/h5-16H,1-4H3,(H,28,29,30). The van der Waals surface area contributed by atoms with Gasteiger partial charge in [0.1, 0.15) is 23.7 Å². The minimum atomic E-state index is 0.583. The van der Waals surface area contributed by atoms with E-state index in [1.165, 1.54) is 6.33 Å². The zero-order chi connectivity index (χ0) is 25.1. The lowest BCUT2D eigenvalue weighted by Crippen LogP contribution is -2.01. The lowest BCUT2D eigenvalue weighted by Gasteiger charge is -2.13. The maximum Gasteiger partial charge on any atom is 0.170 e. The quantitative estimate of drug-likeness (QED) is 0.320. The molecule has 0 aliphatic carbocycles. The lowest BCUT2D eigenvalue weighted by molar-refractivity contribution is 0.355. The molecule has 182 valence electrons. The molecule has 0 saturated carbocycles. The van der Waals surface area contributed by atoms with E-state index in [0.717, 1.165) is 28.4 Å². The fraction of sp³-hybridized carbons (Fsp3) is 0.148.